The Balaban J connectivity index is -0.0000000600. The zero-order chi connectivity index (χ0) is 5.54. The molecule has 0 fully saturated rings. The third kappa shape index (κ3) is 10.1. The fourth-order valence-electron chi connectivity index (χ4n) is 0.235. The predicted molar refractivity (Wildman–Crippen MR) is 39.2 cm³/mol. The van der Waals surface area contributed by atoms with Gasteiger partial charge in [-0.2, -0.15) is 0 Å². The molecule has 0 aromatic carbocycles. The molecular weight excluding hydrogens is 225 g/mol. The maximum Gasteiger partial charge on any atom is 2.00 e. The normalized spacial score (nSPS) is 7.00. The van der Waals surface area contributed by atoms with E-state index in [4.69, 9.17) is 4.74 Å². The number of rotatable bonds is 4. The fourth-order valence-corrected chi connectivity index (χ4v) is 0.235. The standard InChI is InChI=1S/C6H10O.Ba.2H/c1-3-5-7-6-4-2;;;/h3-4H,1-2,5-6H2;;;/q;+2;2*-1. The van der Waals surface area contributed by atoms with Crippen LogP contribution in [0.1, 0.15) is 2.85 Å². The largest absolute Gasteiger partial charge is 2.00 e. The molecule has 0 atom stereocenters. The molecule has 0 N–H and O–H groups in total. The smallest absolute Gasteiger partial charge is 1.00 e. The van der Waals surface area contributed by atoms with Gasteiger partial charge >= 0.3 is 48.9 Å². The first-order valence-corrected chi connectivity index (χ1v) is 2.21. The van der Waals surface area contributed by atoms with Crippen LogP contribution in [0.3, 0.4) is 0 Å². The van der Waals surface area contributed by atoms with Crippen LogP contribution in [0.2, 0.25) is 0 Å². The molecule has 0 aromatic heterocycles. The van der Waals surface area contributed by atoms with Gasteiger partial charge in [0.05, 0.1) is 13.2 Å². The first-order valence-electron chi connectivity index (χ1n) is 2.21. The molecule has 0 unspecified atom stereocenters. The summed E-state index contributed by atoms with van der Waals surface area (Å²) in [6.45, 7) is 8.18. The van der Waals surface area contributed by atoms with E-state index in [1.807, 2.05) is 0 Å². The molecule has 0 aromatic rings. The van der Waals surface area contributed by atoms with Gasteiger partial charge in [0.15, 0.2) is 0 Å². The monoisotopic (exact) mass is 238 g/mol. The van der Waals surface area contributed by atoms with Gasteiger partial charge in [-0.1, -0.05) is 12.2 Å². The zero-order valence-corrected chi connectivity index (χ0v) is 9.54. The van der Waals surface area contributed by atoms with Crippen molar-refractivity contribution in [1.82, 2.24) is 0 Å². The minimum Gasteiger partial charge on any atom is -1.00 e. The van der Waals surface area contributed by atoms with Crippen molar-refractivity contribution in [3.8, 4) is 0 Å². The van der Waals surface area contributed by atoms with Gasteiger partial charge in [-0.3, -0.25) is 0 Å². The van der Waals surface area contributed by atoms with Crippen LogP contribution in [0.15, 0.2) is 25.3 Å². The Hall–Kier alpha value is 1.01. The van der Waals surface area contributed by atoms with Crippen LogP contribution in [-0.4, -0.2) is 62.1 Å². The van der Waals surface area contributed by atoms with Crippen LogP contribution in [0.4, 0.5) is 0 Å². The molecule has 0 heterocycles. The Bertz CT molecular complexity index is 60.8. The van der Waals surface area contributed by atoms with Crippen LogP contribution in [0.25, 0.3) is 0 Å². The minimum absolute atomic E-state index is 0. The van der Waals surface area contributed by atoms with Gasteiger partial charge in [0.1, 0.15) is 0 Å². The van der Waals surface area contributed by atoms with Gasteiger partial charge in [0.25, 0.3) is 0 Å². The van der Waals surface area contributed by atoms with E-state index < -0.39 is 0 Å². The number of ether oxygens (including phenoxy) is 1. The van der Waals surface area contributed by atoms with Crippen molar-refractivity contribution in [2.45, 2.75) is 0 Å². The Morgan fingerprint density at radius 2 is 1.62 bits per heavy atom. The second kappa shape index (κ2) is 10.9. The molecule has 0 saturated heterocycles. The summed E-state index contributed by atoms with van der Waals surface area (Å²) in [5.41, 5.74) is 0. The quantitative estimate of drug-likeness (QED) is 0.406. The molecule has 44 valence electrons. The van der Waals surface area contributed by atoms with Crippen molar-refractivity contribution in [2.75, 3.05) is 13.2 Å². The summed E-state index contributed by atoms with van der Waals surface area (Å²) in [4.78, 5) is 0. The zero-order valence-electron chi connectivity index (χ0n) is 7.10. The summed E-state index contributed by atoms with van der Waals surface area (Å²) in [5.74, 6) is 0. The Labute approximate surface area is 93.8 Å². The second-order valence-corrected chi connectivity index (χ2v) is 1.11. The number of hydrogen-bond acceptors (Lipinski definition) is 1. The molecule has 8 heavy (non-hydrogen) atoms. The van der Waals surface area contributed by atoms with Crippen molar-refractivity contribution in [3.05, 3.63) is 25.3 Å². The van der Waals surface area contributed by atoms with Gasteiger partial charge in [-0.05, 0) is 0 Å². The molecule has 0 amide bonds. The molecule has 0 bridgehead atoms. The Kier molecular flexibility index (Phi) is 16.0. The Morgan fingerprint density at radius 3 is 1.88 bits per heavy atom. The second-order valence-electron chi connectivity index (χ2n) is 1.11. The maximum absolute atomic E-state index is 4.90. The maximum atomic E-state index is 4.90. The van der Waals surface area contributed by atoms with Gasteiger partial charge in [-0.25, -0.2) is 0 Å². The first-order chi connectivity index (χ1) is 3.41. The summed E-state index contributed by atoms with van der Waals surface area (Å²) < 4.78 is 4.90. The molecule has 0 aliphatic heterocycles. The van der Waals surface area contributed by atoms with E-state index in [0.717, 1.165) is 0 Å². The van der Waals surface area contributed by atoms with Gasteiger partial charge in [-0.15, -0.1) is 13.2 Å². The Morgan fingerprint density at radius 1 is 1.25 bits per heavy atom. The van der Waals surface area contributed by atoms with Crippen LogP contribution in [0, 0.1) is 0 Å². The molecule has 0 spiro atoms. The average molecular weight is 237 g/mol. The van der Waals surface area contributed by atoms with E-state index in [2.05, 4.69) is 13.2 Å². The van der Waals surface area contributed by atoms with Crippen molar-refractivity contribution in [3.63, 3.8) is 0 Å². The minimum atomic E-state index is 0. The van der Waals surface area contributed by atoms with Crippen LogP contribution >= 0.6 is 0 Å². The van der Waals surface area contributed by atoms with E-state index in [0.29, 0.717) is 13.2 Å². The third-order valence-corrected chi connectivity index (χ3v) is 0.471. The third-order valence-electron chi connectivity index (χ3n) is 0.471. The van der Waals surface area contributed by atoms with Gasteiger partial charge in [0, 0.05) is 0 Å². The van der Waals surface area contributed by atoms with E-state index >= 15 is 0 Å². The van der Waals surface area contributed by atoms with Crippen LogP contribution in [-0.2, 0) is 4.74 Å². The van der Waals surface area contributed by atoms with Crippen molar-refractivity contribution < 1.29 is 7.59 Å². The molecule has 0 aliphatic carbocycles. The van der Waals surface area contributed by atoms with Crippen LogP contribution < -0.4 is 0 Å². The van der Waals surface area contributed by atoms with Gasteiger partial charge < -0.3 is 7.59 Å². The van der Waals surface area contributed by atoms with Gasteiger partial charge in [0.2, 0.25) is 0 Å². The van der Waals surface area contributed by atoms with E-state index in [9.17, 15) is 0 Å². The summed E-state index contributed by atoms with van der Waals surface area (Å²) in [5, 5.41) is 0. The summed E-state index contributed by atoms with van der Waals surface area (Å²) in [6.07, 6.45) is 3.42. The molecular formula is C6H12BaO. The van der Waals surface area contributed by atoms with Crippen molar-refractivity contribution in [2.24, 2.45) is 0 Å². The molecule has 2 heteroatoms. The summed E-state index contributed by atoms with van der Waals surface area (Å²) in [6, 6.07) is 0. The van der Waals surface area contributed by atoms with Crippen molar-refractivity contribution in [1.29, 1.82) is 0 Å². The fraction of sp³-hybridized carbons (Fsp3) is 0.333. The molecule has 0 rings (SSSR count). The molecule has 0 aliphatic rings. The van der Waals surface area contributed by atoms with E-state index in [1.165, 1.54) is 0 Å². The summed E-state index contributed by atoms with van der Waals surface area (Å²) in [7, 11) is 0. The van der Waals surface area contributed by atoms with E-state index in [1.54, 1.807) is 12.2 Å². The predicted octanol–water partition coefficient (Wildman–Crippen LogP) is 1.22. The molecule has 0 radical (unpaired) electrons. The summed E-state index contributed by atoms with van der Waals surface area (Å²) >= 11 is 0. The topological polar surface area (TPSA) is 9.23 Å². The number of hydrogen-bond donors (Lipinski definition) is 0. The molecule has 1 nitrogen and oxygen atoms in total. The van der Waals surface area contributed by atoms with Crippen molar-refractivity contribution >= 4 is 48.9 Å². The SMILES string of the molecule is C=CCOCC=C.[Ba+2].[H-].[H-]. The molecule has 0 saturated carbocycles. The van der Waals surface area contributed by atoms with Crippen LogP contribution in [0.5, 0.6) is 0 Å². The first kappa shape index (κ1) is 11.8. The average Bonchev–Trinajstić information content (AvgIpc) is 1.69. The van der Waals surface area contributed by atoms with E-state index in [-0.39, 0.29) is 51.7 Å².